The highest BCUT2D eigenvalue weighted by molar-refractivity contribution is 7.14. The Morgan fingerprint density at radius 1 is 1.47 bits per heavy atom. The average Bonchev–Trinajstić information content (AvgIpc) is 2.70. The summed E-state index contributed by atoms with van der Waals surface area (Å²) in [6.45, 7) is 0.672. The molecule has 4 nitrogen and oxygen atoms in total. The summed E-state index contributed by atoms with van der Waals surface area (Å²) in [4.78, 5) is 10.4. The molecule has 15 heavy (non-hydrogen) atoms. The molecule has 0 fully saturated rings. The van der Waals surface area contributed by atoms with E-state index in [4.69, 9.17) is 5.73 Å². The molecule has 78 valence electrons. The smallest absolute Gasteiger partial charge is 0.149 e. The van der Waals surface area contributed by atoms with E-state index in [0.717, 1.165) is 5.82 Å². The van der Waals surface area contributed by atoms with Crippen molar-refractivity contribution in [2.45, 2.75) is 6.54 Å². The van der Waals surface area contributed by atoms with Crippen LogP contribution in [-0.2, 0) is 6.54 Å². The van der Waals surface area contributed by atoms with Crippen LogP contribution in [0.4, 0.5) is 10.8 Å². The maximum absolute atomic E-state index is 5.59. The van der Waals surface area contributed by atoms with Crippen LogP contribution in [0.5, 0.6) is 0 Å². The third-order valence-electron chi connectivity index (χ3n) is 1.99. The number of rotatable bonds is 3. The van der Waals surface area contributed by atoms with Crippen molar-refractivity contribution in [3.05, 3.63) is 35.6 Å². The molecule has 0 aliphatic rings. The SMILES string of the molecule is CN(Cc1nccc(N)n1)c1cccs1. The van der Waals surface area contributed by atoms with Gasteiger partial charge in [-0.1, -0.05) is 0 Å². The molecule has 2 rings (SSSR count). The van der Waals surface area contributed by atoms with Crippen molar-refractivity contribution in [3.63, 3.8) is 0 Å². The van der Waals surface area contributed by atoms with Gasteiger partial charge in [-0.15, -0.1) is 11.3 Å². The molecule has 2 heterocycles. The van der Waals surface area contributed by atoms with Gasteiger partial charge in [0.25, 0.3) is 0 Å². The third-order valence-corrected chi connectivity index (χ3v) is 2.97. The van der Waals surface area contributed by atoms with E-state index >= 15 is 0 Å². The number of aromatic nitrogens is 2. The Bertz CT molecular complexity index is 427. The van der Waals surface area contributed by atoms with Gasteiger partial charge in [0, 0.05) is 13.2 Å². The van der Waals surface area contributed by atoms with E-state index in [1.54, 1.807) is 23.6 Å². The van der Waals surface area contributed by atoms with Gasteiger partial charge in [0.15, 0.2) is 0 Å². The van der Waals surface area contributed by atoms with Crippen molar-refractivity contribution in [3.8, 4) is 0 Å². The molecule has 0 unspecified atom stereocenters. The second-order valence-corrected chi connectivity index (χ2v) is 4.13. The minimum Gasteiger partial charge on any atom is -0.384 e. The van der Waals surface area contributed by atoms with E-state index in [2.05, 4.69) is 20.9 Å². The van der Waals surface area contributed by atoms with Gasteiger partial charge < -0.3 is 10.6 Å². The molecular formula is C10H12N4S. The molecule has 0 spiro atoms. The second-order valence-electron chi connectivity index (χ2n) is 3.21. The maximum atomic E-state index is 5.59. The van der Waals surface area contributed by atoms with E-state index in [1.165, 1.54) is 5.00 Å². The molecule has 0 aliphatic heterocycles. The predicted octanol–water partition coefficient (Wildman–Crippen LogP) is 1.76. The first kappa shape index (κ1) is 9.92. The van der Waals surface area contributed by atoms with Crippen LogP contribution in [0.2, 0.25) is 0 Å². The zero-order valence-electron chi connectivity index (χ0n) is 8.42. The van der Waals surface area contributed by atoms with Crippen molar-refractivity contribution in [2.75, 3.05) is 17.7 Å². The number of nitrogens with two attached hydrogens (primary N) is 1. The lowest BCUT2D eigenvalue weighted by atomic mass is 10.4. The Morgan fingerprint density at radius 2 is 2.33 bits per heavy atom. The normalized spacial score (nSPS) is 10.2. The quantitative estimate of drug-likeness (QED) is 0.856. The number of anilines is 2. The number of nitrogens with zero attached hydrogens (tertiary/aromatic N) is 3. The summed E-state index contributed by atoms with van der Waals surface area (Å²) in [5, 5.41) is 3.24. The van der Waals surface area contributed by atoms with Crippen molar-refractivity contribution < 1.29 is 0 Å². The monoisotopic (exact) mass is 220 g/mol. The molecule has 0 amide bonds. The van der Waals surface area contributed by atoms with Crippen LogP contribution in [-0.4, -0.2) is 17.0 Å². The summed E-state index contributed by atoms with van der Waals surface area (Å²) < 4.78 is 0. The highest BCUT2D eigenvalue weighted by Crippen LogP contribution is 2.20. The second kappa shape index (κ2) is 4.27. The van der Waals surface area contributed by atoms with Crippen LogP contribution < -0.4 is 10.6 Å². The van der Waals surface area contributed by atoms with E-state index < -0.39 is 0 Å². The molecule has 2 N–H and O–H groups in total. The van der Waals surface area contributed by atoms with Crippen molar-refractivity contribution in [2.24, 2.45) is 0 Å². The van der Waals surface area contributed by atoms with E-state index in [1.807, 2.05) is 18.5 Å². The summed E-state index contributed by atoms with van der Waals surface area (Å²) in [7, 11) is 2.01. The molecule has 0 aromatic carbocycles. The van der Waals surface area contributed by atoms with Crippen LogP contribution in [0.1, 0.15) is 5.82 Å². The molecular weight excluding hydrogens is 208 g/mol. The third kappa shape index (κ3) is 2.44. The van der Waals surface area contributed by atoms with Crippen molar-refractivity contribution in [1.82, 2.24) is 9.97 Å². The van der Waals surface area contributed by atoms with Crippen molar-refractivity contribution >= 4 is 22.2 Å². The lowest BCUT2D eigenvalue weighted by Crippen LogP contribution is -2.17. The first-order valence-corrected chi connectivity index (χ1v) is 5.46. The summed E-state index contributed by atoms with van der Waals surface area (Å²) in [5.74, 6) is 1.26. The van der Waals surface area contributed by atoms with Gasteiger partial charge in [-0.05, 0) is 23.6 Å². The van der Waals surface area contributed by atoms with Gasteiger partial charge in [0.2, 0.25) is 0 Å². The molecule has 0 atom stereocenters. The molecule has 0 aliphatic carbocycles. The fraction of sp³-hybridized carbons (Fsp3) is 0.200. The molecule has 0 saturated carbocycles. The standard InChI is InChI=1S/C10H12N4S/c1-14(10-3-2-6-15-10)7-9-12-5-4-8(11)13-9/h2-6H,7H2,1H3,(H2,11,12,13). The van der Waals surface area contributed by atoms with Gasteiger partial charge in [-0.3, -0.25) is 0 Å². The maximum Gasteiger partial charge on any atom is 0.149 e. The van der Waals surface area contributed by atoms with E-state index in [0.29, 0.717) is 12.4 Å². The van der Waals surface area contributed by atoms with Gasteiger partial charge in [-0.2, -0.15) is 0 Å². The molecule has 5 heteroatoms. The molecule has 2 aromatic heterocycles. The highest BCUT2D eigenvalue weighted by Gasteiger charge is 2.04. The minimum absolute atomic E-state index is 0.513. The summed E-state index contributed by atoms with van der Waals surface area (Å²) in [6, 6.07) is 5.78. The Kier molecular flexibility index (Phi) is 2.82. The molecule has 0 radical (unpaired) electrons. The van der Waals surface area contributed by atoms with E-state index in [9.17, 15) is 0 Å². The first-order valence-electron chi connectivity index (χ1n) is 4.58. The Balaban J connectivity index is 2.09. The van der Waals surface area contributed by atoms with Crippen LogP contribution in [0.25, 0.3) is 0 Å². The number of nitrogen functional groups attached to an aromatic ring is 1. The summed E-state index contributed by atoms with van der Waals surface area (Å²) in [5.41, 5.74) is 5.59. The van der Waals surface area contributed by atoms with Gasteiger partial charge >= 0.3 is 0 Å². The molecule has 0 saturated heterocycles. The average molecular weight is 220 g/mol. The first-order chi connectivity index (χ1) is 7.25. The van der Waals surface area contributed by atoms with Gasteiger partial charge in [0.1, 0.15) is 11.6 Å². The Hall–Kier alpha value is -1.62. The molecule has 2 aromatic rings. The van der Waals surface area contributed by atoms with Crippen LogP contribution >= 0.6 is 11.3 Å². The van der Waals surface area contributed by atoms with E-state index in [-0.39, 0.29) is 0 Å². The fourth-order valence-corrected chi connectivity index (χ4v) is 1.97. The minimum atomic E-state index is 0.513. The zero-order chi connectivity index (χ0) is 10.7. The summed E-state index contributed by atoms with van der Waals surface area (Å²) >= 11 is 1.69. The Morgan fingerprint density at radius 3 is 3.00 bits per heavy atom. The fourth-order valence-electron chi connectivity index (χ4n) is 1.27. The number of hydrogen-bond acceptors (Lipinski definition) is 5. The summed E-state index contributed by atoms with van der Waals surface area (Å²) in [6.07, 6.45) is 1.68. The zero-order valence-corrected chi connectivity index (χ0v) is 9.24. The van der Waals surface area contributed by atoms with Crippen LogP contribution in [0, 0.1) is 0 Å². The number of thiophene rings is 1. The highest BCUT2D eigenvalue weighted by atomic mass is 32.1. The van der Waals surface area contributed by atoms with Gasteiger partial charge in [0.05, 0.1) is 11.5 Å². The molecule has 0 bridgehead atoms. The van der Waals surface area contributed by atoms with Gasteiger partial charge in [-0.25, -0.2) is 9.97 Å². The Labute approximate surface area is 92.4 Å². The van der Waals surface area contributed by atoms with Crippen molar-refractivity contribution in [1.29, 1.82) is 0 Å². The predicted molar refractivity (Wildman–Crippen MR) is 62.9 cm³/mol. The number of hydrogen-bond donors (Lipinski definition) is 1. The lowest BCUT2D eigenvalue weighted by Gasteiger charge is -2.15. The van der Waals surface area contributed by atoms with Crippen LogP contribution in [0.3, 0.4) is 0 Å². The lowest BCUT2D eigenvalue weighted by molar-refractivity contribution is 0.847. The van der Waals surface area contributed by atoms with Crippen LogP contribution in [0.15, 0.2) is 29.8 Å². The topological polar surface area (TPSA) is 55.0 Å². The largest absolute Gasteiger partial charge is 0.384 e.